The van der Waals surface area contributed by atoms with Gasteiger partial charge in [-0.15, -0.1) is 0 Å². The lowest BCUT2D eigenvalue weighted by Gasteiger charge is -2.39. The van der Waals surface area contributed by atoms with Crippen molar-refractivity contribution in [3.63, 3.8) is 0 Å². The Hall–Kier alpha value is -0.570. The highest BCUT2D eigenvalue weighted by Gasteiger charge is 2.31. The molecule has 0 spiro atoms. The number of hydrogen-bond donors (Lipinski definition) is 1. The van der Waals surface area contributed by atoms with Crippen LogP contribution in [0.1, 0.15) is 52.9 Å². The largest absolute Gasteiger partial charge is 0.341 e. The average Bonchev–Trinajstić information content (AvgIpc) is 2.29. The van der Waals surface area contributed by atoms with Crippen molar-refractivity contribution in [1.82, 2.24) is 4.90 Å². The smallest absolute Gasteiger partial charge is 0.239 e. The van der Waals surface area contributed by atoms with Gasteiger partial charge in [-0.1, -0.05) is 33.6 Å². The Kier molecular flexibility index (Phi) is 4.78. The Morgan fingerprint density at radius 3 is 2.38 bits per heavy atom. The van der Waals surface area contributed by atoms with Gasteiger partial charge in [-0.3, -0.25) is 4.79 Å². The third-order valence-electron chi connectivity index (χ3n) is 4.05. The van der Waals surface area contributed by atoms with Crippen molar-refractivity contribution in [2.75, 3.05) is 13.1 Å². The monoisotopic (exact) mass is 226 g/mol. The zero-order valence-corrected chi connectivity index (χ0v) is 11.0. The maximum Gasteiger partial charge on any atom is 0.239 e. The predicted molar refractivity (Wildman–Crippen MR) is 67.1 cm³/mol. The van der Waals surface area contributed by atoms with E-state index in [4.69, 9.17) is 5.73 Å². The molecule has 1 saturated heterocycles. The normalized spacial score (nSPS) is 21.9. The molecule has 0 radical (unpaired) electrons. The van der Waals surface area contributed by atoms with Gasteiger partial charge in [-0.25, -0.2) is 0 Å². The van der Waals surface area contributed by atoms with Crippen LogP contribution in [0.5, 0.6) is 0 Å². The highest BCUT2D eigenvalue weighted by atomic mass is 16.2. The van der Waals surface area contributed by atoms with Crippen molar-refractivity contribution in [2.45, 2.75) is 58.9 Å². The second-order valence-corrected chi connectivity index (χ2v) is 5.38. The fraction of sp³-hybridized carbons (Fsp3) is 0.923. The molecule has 1 aliphatic rings. The van der Waals surface area contributed by atoms with Crippen LogP contribution in [0, 0.1) is 5.41 Å². The van der Waals surface area contributed by atoms with Crippen LogP contribution in [0.2, 0.25) is 0 Å². The number of carbonyl (C=O) groups is 1. The quantitative estimate of drug-likeness (QED) is 0.798. The Bertz CT molecular complexity index is 232. The van der Waals surface area contributed by atoms with Gasteiger partial charge in [0, 0.05) is 13.1 Å². The SMILES string of the molecule is CCC[C@H](N)C(=O)N1CCC(C)(CC)CC1. The first-order valence-corrected chi connectivity index (χ1v) is 6.57. The zero-order valence-electron chi connectivity index (χ0n) is 11.0. The number of amides is 1. The molecular weight excluding hydrogens is 200 g/mol. The summed E-state index contributed by atoms with van der Waals surface area (Å²) < 4.78 is 0. The standard InChI is InChI=1S/C13H26N2O/c1-4-6-11(14)12(16)15-9-7-13(3,5-2)8-10-15/h11H,4-10,14H2,1-3H3/t11-/m0/s1. The zero-order chi connectivity index (χ0) is 12.2. The van der Waals surface area contributed by atoms with Gasteiger partial charge in [0.25, 0.3) is 0 Å². The molecule has 0 aromatic heterocycles. The molecule has 94 valence electrons. The topological polar surface area (TPSA) is 46.3 Å². The van der Waals surface area contributed by atoms with Crippen molar-refractivity contribution in [3.05, 3.63) is 0 Å². The Balaban J connectivity index is 2.44. The van der Waals surface area contributed by atoms with Gasteiger partial charge >= 0.3 is 0 Å². The summed E-state index contributed by atoms with van der Waals surface area (Å²) in [6.07, 6.45) is 5.23. The molecule has 1 fully saturated rings. The van der Waals surface area contributed by atoms with Crippen molar-refractivity contribution < 1.29 is 4.79 Å². The van der Waals surface area contributed by atoms with Gasteiger partial charge in [0.05, 0.1) is 6.04 Å². The van der Waals surface area contributed by atoms with Crippen LogP contribution in [0.3, 0.4) is 0 Å². The van der Waals surface area contributed by atoms with Gasteiger partial charge in [0.15, 0.2) is 0 Å². The van der Waals surface area contributed by atoms with Crippen LogP contribution < -0.4 is 5.73 Å². The molecule has 2 N–H and O–H groups in total. The van der Waals surface area contributed by atoms with Gasteiger partial charge < -0.3 is 10.6 Å². The molecule has 0 aromatic rings. The molecule has 3 heteroatoms. The Morgan fingerprint density at radius 1 is 1.38 bits per heavy atom. The molecule has 1 atom stereocenters. The minimum absolute atomic E-state index is 0.153. The summed E-state index contributed by atoms with van der Waals surface area (Å²) >= 11 is 0. The average molecular weight is 226 g/mol. The summed E-state index contributed by atoms with van der Waals surface area (Å²) in [4.78, 5) is 13.9. The minimum Gasteiger partial charge on any atom is -0.341 e. The van der Waals surface area contributed by atoms with Crippen LogP contribution in [0.15, 0.2) is 0 Å². The van der Waals surface area contributed by atoms with E-state index in [1.165, 1.54) is 6.42 Å². The van der Waals surface area contributed by atoms with E-state index in [9.17, 15) is 4.79 Å². The van der Waals surface area contributed by atoms with Crippen LogP contribution in [-0.4, -0.2) is 29.9 Å². The van der Waals surface area contributed by atoms with E-state index in [0.717, 1.165) is 38.8 Å². The lowest BCUT2D eigenvalue weighted by Crippen LogP contribution is -2.48. The van der Waals surface area contributed by atoms with E-state index in [-0.39, 0.29) is 11.9 Å². The highest BCUT2D eigenvalue weighted by molar-refractivity contribution is 5.81. The number of hydrogen-bond acceptors (Lipinski definition) is 2. The first kappa shape index (κ1) is 13.5. The van der Waals surface area contributed by atoms with Crippen molar-refractivity contribution in [3.8, 4) is 0 Å². The third-order valence-corrected chi connectivity index (χ3v) is 4.05. The summed E-state index contributed by atoms with van der Waals surface area (Å²) in [5.41, 5.74) is 6.30. The molecule has 0 aromatic carbocycles. The van der Waals surface area contributed by atoms with E-state index < -0.39 is 0 Å². The van der Waals surface area contributed by atoms with E-state index >= 15 is 0 Å². The lowest BCUT2D eigenvalue weighted by atomic mass is 9.78. The second-order valence-electron chi connectivity index (χ2n) is 5.38. The molecular formula is C13H26N2O. The van der Waals surface area contributed by atoms with Gasteiger partial charge in [-0.2, -0.15) is 0 Å². The van der Waals surface area contributed by atoms with E-state index in [1.807, 2.05) is 4.90 Å². The van der Waals surface area contributed by atoms with Crippen molar-refractivity contribution >= 4 is 5.91 Å². The third kappa shape index (κ3) is 3.21. The number of rotatable bonds is 4. The van der Waals surface area contributed by atoms with Crippen molar-refractivity contribution in [1.29, 1.82) is 0 Å². The molecule has 3 nitrogen and oxygen atoms in total. The molecule has 0 saturated carbocycles. The van der Waals surface area contributed by atoms with E-state index in [2.05, 4.69) is 20.8 Å². The summed E-state index contributed by atoms with van der Waals surface area (Å²) in [5.74, 6) is 0.153. The fourth-order valence-electron chi connectivity index (χ4n) is 2.29. The van der Waals surface area contributed by atoms with Crippen LogP contribution in [0.25, 0.3) is 0 Å². The first-order valence-electron chi connectivity index (χ1n) is 6.57. The van der Waals surface area contributed by atoms with Crippen LogP contribution in [-0.2, 0) is 4.79 Å². The summed E-state index contributed by atoms with van der Waals surface area (Å²) in [6, 6.07) is -0.281. The van der Waals surface area contributed by atoms with E-state index in [1.54, 1.807) is 0 Å². The fourth-order valence-corrected chi connectivity index (χ4v) is 2.29. The predicted octanol–water partition coefficient (Wildman–Crippen LogP) is 2.15. The van der Waals surface area contributed by atoms with E-state index in [0.29, 0.717) is 5.41 Å². The summed E-state index contributed by atoms with van der Waals surface area (Å²) in [7, 11) is 0. The van der Waals surface area contributed by atoms with Crippen LogP contribution in [0.4, 0.5) is 0 Å². The molecule has 16 heavy (non-hydrogen) atoms. The Labute approximate surface area is 99.4 Å². The maximum atomic E-state index is 12.0. The molecule has 0 unspecified atom stereocenters. The van der Waals surface area contributed by atoms with Crippen LogP contribution >= 0.6 is 0 Å². The molecule has 1 heterocycles. The van der Waals surface area contributed by atoms with Gasteiger partial charge in [0.1, 0.15) is 0 Å². The second kappa shape index (κ2) is 5.67. The van der Waals surface area contributed by atoms with Crippen molar-refractivity contribution in [2.24, 2.45) is 11.1 Å². The number of nitrogens with two attached hydrogens (primary N) is 1. The Morgan fingerprint density at radius 2 is 1.94 bits per heavy atom. The summed E-state index contributed by atoms with van der Waals surface area (Å²) in [6.45, 7) is 8.40. The molecule has 1 rings (SSSR count). The van der Waals surface area contributed by atoms with Gasteiger partial charge in [-0.05, 0) is 24.7 Å². The number of carbonyl (C=O) groups excluding carboxylic acids is 1. The lowest BCUT2D eigenvalue weighted by molar-refractivity contribution is -0.135. The van der Waals surface area contributed by atoms with Gasteiger partial charge in [0.2, 0.25) is 5.91 Å². The first-order chi connectivity index (χ1) is 7.52. The number of likely N-dealkylation sites (tertiary alicyclic amines) is 1. The number of nitrogens with zero attached hydrogens (tertiary/aromatic N) is 1. The summed E-state index contributed by atoms with van der Waals surface area (Å²) in [5, 5.41) is 0. The highest BCUT2D eigenvalue weighted by Crippen LogP contribution is 2.33. The number of piperidine rings is 1. The molecule has 0 aliphatic carbocycles. The molecule has 0 bridgehead atoms. The minimum atomic E-state index is -0.281. The molecule has 1 amide bonds. The maximum absolute atomic E-state index is 12.0. The molecule has 1 aliphatic heterocycles.